The number of H-pyrrole nitrogens is 1. The van der Waals surface area contributed by atoms with Gasteiger partial charge in [0.25, 0.3) is 0 Å². The molecule has 0 spiro atoms. The van der Waals surface area contributed by atoms with Crippen molar-refractivity contribution in [2.24, 2.45) is 0 Å². The molecule has 0 saturated carbocycles. The number of fused-ring (bicyclic) bond motifs is 1. The average Bonchev–Trinajstić information content (AvgIpc) is 3.31. The molecule has 1 N–H and O–H groups in total. The van der Waals surface area contributed by atoms with Crippen LogP contribution in [0.1, 0.15) is 40.7 Å². The Morgan fingerprint density at radius 2 is 2.20 bits per heavy atom. The van der Waals surface area contributed by atoms with E-state index in [-0.39, 0.29) is 18.1 Å². The number of aromatic amines is 1. The fraction of sp³-hybridized carbons (Fsp3) is 0.389. The van der Waals surface area contributed by atoms with Crippen LogP contribution in [0.2, 0.25) is 0 Å². The molecule has 0 atom stereocenters. The standard InChI is InChI=1S/C18H19N3O4/c1-23-17-8-14-13(9-19-21-14)6-12(17)7-16(22)15-10-25-18(20-15)11-2-4-24-5-3-11/h6,8-11H,2-5,7H2,1H3,(H,19,21). The van der Waals surface area contributed by atoms with Crippen molar-refractivity contribution in [2.45, 2.75) is 25.2 Å². The Balaban J connectivity index is 1.54. The van der Waals surface area contributed by atoms with Crippen molar-refractivity contribution in [3.8, 4) is 5.75 Å². The second kappa shape index (κ2) is 6.68. The number of benzene rings is 1. The highest BCUT2D eigenvalue weighted by atomic mass is 16.5. The maximum absolute atomic E-state index is 12.6. The Hall–Kier alpha value is -2.67. The first kappa shape index (κ1) is 15.8. The molecule has 0 radical (unpaired) electrons. The minimum atomic E-state index is -0.0943. The van der Waals surface area contributed by atoms with Gasteiger partial charge in [0, 0.05) is 42.6 Å². The van der Waals surface area contributed by atoms with Gasteiger partial charge in [0.2, 0.25) is 0 Å². The van der Waals surface area contributed by atoms with Crippen LogP contribution in [0.25, 0.3) is 10.9 Å². The van der Waals surface area contributed by atoms with Gasteiger partial charge < -0.3 is 13.9 Å². The van der Waals surface area contributed by atoms with Gasteiger partial charge in [-0.3, -0.25) is 9.89 Å². The van der Waals surface area contributed by atoms with Crippen molar-refractivity contribution in [3.63, 3.8) is 0 Å². The third-order valence-corrected chi connectivity index (χ3v) is 4.57. The van der Waals surface area contributed by atoms with Crippen LogP contribution in [0, 0.1) is 0 Å². The number of ketones is 1. The van der Waals surface area contributed by atoms with E-state index in [0.717, 1.165) is 29.3 Å². The summed E-state index contributed by atoms with van der Waals surface area (Å²) in [6, 6.07) is 3.76. The zero-order chi connectivity index (χ0) is 17.2. The lowest BCUT2D eigenvalue weighted by Crippen LogP contribution is -2.14. The third kappa shape index (κ3) is 3.15. The molecule has 1 saturated heterocycles. The molecule has 25 heavy (non-hydrogen) atoms. The van der Waals surface area contributed by atoms with Gasteiger partial charge in [-0.05, 0) is 18.9 Å². The number of nitrogens with one attached hydrogen (secondary N) is 1. The fourth-order valence-electron chi connectivity index (χ4n) is 3.16. The van der Waals surface area contributed by atoms with Crippen LogP contribution in [-0.4, -0.2) is 41.3 Å². The number of ether oxygens (including phenoxy) is 2. The molecule has 7 heteroatoms. The smallest absolute Gasteiger partial charge is 0.197 e. The highest BCUT2D eigenvalue weighted by molar-refractivity contribution is 5.96. The molecule has 1 fully saturated rings. The van der Waals surface area contributed by atoms with Crippen LogP contribution in [0.3, 0.4) is 0 Å². The molecule has 4 rings (SSSR count). The van der Waals surface area contributed by atoms with Crippen LogP contribution in [-0.2, 0) is 11.2 Å². The number of carbonyl (C=O) groups is 1. The van der Waals surface area contributed by atoms with E-state index in [4.69, 9.17) is 13.9 Å². The van der Waals surface area contributed by atoms with Crippen molar-refractivity contribution >= 4 is 16.7 Å². The average molecular weight is 341 g/mol. The SMILES string of the molecule is COc1cc2[nH]ncc2cc1CC(=O)c1coc(C2CCOCC2)n1. The topological polar surface area (TPSA) is 90.2 Å². The molecule has 1 aliphatic rings. The summed E-state index contributed by atoms with van der Waals surface area (Å²) in [6.45, 7) is 1.41. The summed E-state index contributed by atoms with van der Waals surface area (Å²) >= 11 is 0. The molecule has 3 aromatic rings. The number of rotatable bonds is 5. The second-order valence-corrected chi connectivity index (χ2v) is 6.18. The normalized spacial score (nSPS) is 15.6. The van der Waals surface area contributed by atoms with Gasteiger partial charge in [-0.15, -0.1) is 0 Å². The quantitative estimate of drug-likeness (QED) is 0.718. The molecule has 3 heterocycles. The predicted octanol–water partition coefficient (Wildman–Crippen LogP) is 2.88. The number of aromatic nitrogens is 3. The Morgan fingerprint density at radius 3 is 3.00 bits per heavy atom. The molecule has 1 aromatic carbocycles. The van der Waals surface area contributed by atoms with E-state index in [9.17, 15) is 4.79 Å². The Bertz CT molecular complexity index is 893. The van der Waals surface area contributed by atoms with Crippen molar-refractivity contribution in [2.75, 3.05) is 20.3 Å². The van der Waals surface area contributed by atoms with E-state index in [1.165, 1.54) is 6.26 Å². The summed E-state index contributed by atoms with van der Waals surface area (Å²) in [6.07, 6.45) is 5.13. The maximum atomic E-state index is 12.6. The molecule has 0 aliphatic carbocycles. The lowest BCUT2D eigenvalue weighted by atomic mass is 10.0. The molecule has 130 valence electrons. The lowest BCUT2D eigenvalue weighted by Gasteiger charge is -2.18. The number of carbonyl (C=O) groups excluding carboxylic acids is 1. The molecule has 7 nitrogen and oxygen atoms in total. The fourth-order valence-corrected chi connectivity index (χ4v) is 3.16. The van der Waals surface area contributed by atoms with Gasteiger partial charge in [0.05, 0.1) is 18.8 Å². The van der Waals surface area contributed by atoms with Crippen LogP contribution in [0.15, 0.2) is 29.0 Å². The Kier molecular flexibility index (Phi) is 4.23. The number of methoxy groups -OCH3 is 1. The van der Waals surface area contributed by atoms with Crippen molar-refractivity contribution in [3.05, 3.63) is 41.7 Å². The first-order valence-electron chi connectivity index (χ1n) is 8.31. The zero-order valence-electron chi connectivity index (χ0n) is 13.9. The van der Waals surface area contributed by atoms with Gasteiger partial charge in [-0.2, -0.15) is 5.10 Å². The summed E-state index contributed by atoms with van der Waals surface area (Å²) in [4.78, 5) is 17.0. The summed E-state index contributed by atoms with van der Waals surface area (Å²) in [5, 5.41) is 7.84. The van der Waals surface area contributed by atoms with Crippen LogP contribution < -0.4 is 4.74 Å². The monoisotopic (exact) mass is 341 g/mol. The van der Waals surface area contributed by atoms with Crippen molar-refractivity contribution < 1.29 is 18.7 Å². The molecule has 1 aliphatic heterocycles. The van der Waals surface area contributed by atoms with Gasteiger partial charge in [-0.1, -0.05) is 0 Å². The zero-order valence-corrected chi connectivity index (χ0v) is 13.9. The highest BCUT2D eigenvalue weighted by Gasteiger charge is 2.23. The number of hydrogen-bond acceptors (Lipinski definition) is 6. The van der Waals surface area contributed by atoms with Gasteiger partial charge in [-0.25, -0.2) is 4.98 Å². The van der Waals surface area contributed by atoms with Crippen molar-refractivity contribution in [1.82, 2.24) is 15.2 Å². The number of hydrogen-bond donors (Lipinski definition) is 1. The highest BCUT2D eigenvalue weighted by Crippen LogP contribution is 2.28. The third-order valence-electron chi connectivity index (χ3n) is 4.57. The van der Waals surface area contributed by atoms with E-state index in [0.29, 0.717) is 30.5 Å². The predicted molar refractivity (Wildman–Crippen MR) is 90.0 cm³/mol. The molecule has 2 aromatic heterocycles. The van der Waals surface area contributed by atoms with Crippen LogP contribution >= 0.6 is 0 Å². The van der Waals surface area contributed by atoms with Crippen molar-refractivity contribution in [1.29, 1.82) is 0 Å². The van der Waals surface area contributed by atoms with E-state index < -0.39 is 0 Å². The second-order valence-electron chi connectivity index (χ2n) is 6.18. The maximum Gasteiger partial charge on any atom is 0.197 e. The van der Waals surface area contributed by atoms with Gasteiger partial charge >= 0.3 is 0 Å². The summed E-state index contributed by atoms with van der Waals surface area (Å²) in [5.74, 6) is 1.41. The first-order chi connectivity index (χ1) is 12.2. The van der Waals surface area contributed by atoms with E-state index in [1.807, 2.05) is 12.1 Å². The van der Waals surface area contributed by atoms with Crippen LogP contribution in [0.5, 0.6) is 5.75 Å². The lowest BCUT2D eigenvalue weighted by molar-refractivity contribution is 0.0794. The summed E-state index contributed by atoms with van der Waals surface area (Å²) < 4.78 is 16.3. The van der Waals surface area contributed by atoms with E-state index >= 15 is 0 Å². The number of Topliss-reactive ketones (excluding diaryl/α,β-unsaturated/α-hetero) is 1. The van der Waals surface area contributed by atoms with Gasteiger partial charge in [0.1, 0.15) is 17.7 Å². The summed E-state index contributed by atoms with van der Waals surface area (Å²) in [5.41, 5.74) is 2.03. The molecule has 0 amide bonds. The number of nitrogens with zero attached hydrogens (tertiary/aromatic N) is 2. The largest absolute Gasteiger partial charge is 0.496 e. The molecular weight excluding hydrogens is 322 g/mol. The number of oxazole rings is 1. The van der Waals surface area contributed by atoms with Crippen LogP contribution in [0.4, 0.5) is 0 Å². The molecular formula is C18H19N3O4. The minimum Gasteiger partial charge on any atom is -0.496 e. The Morgan fingerprint density at radius 1 is 1.36 bits per heavy atom. The van der Waals surface area contributed by atoms with E-state index in [1.54, 1.807) is 13.3 Å². The Labute approximate surface area is 144 Å². The molecule has 0 bridgehead atoms. The minimum absolute atomic E-state index is 0.0943. The first-order valence-corrected chi connectivity index (χ1v) is 8.31. The summed E-state index contributed by atoms with van der Waals surface area (Å²) in [7, 11) is 1.59. The van der Waals surface area contributed by atoms with E-state index in [2.05, 4.69) is 15.2 Å². The van der Waals surface area contributed by atoms with Gasteiger partial charge in [0.15, 0.2) is 11.7 Å². The molecule has 0 unspecified atom stereocenters.